The van der Waals surface area contributed by atoms with E-state index in [1.54, 1.807) is 6.20 Å². The first-order chi connectivity index (χ1) is 11.3. The Hall–Kier alpha value is -2.26. The van der Waals surface area contributed by atoms with E-state index in [-0.39, 0.29) is 5.56 Å². The third-order valence-electron chi connectivity index (χ3n) is 4.02. The van der Waals surface area contributed by atoms with Crippen molar-refractivity contribution in [1.82, 2.24) is 19.9 Å². The molecule has 2 aliphatic rings. The maximum absolute atomic E-state index is 12.2. The number of morpholine rings is 2. The third-order valence-corrected chi connectivity index (χ3v) is 4.02. The molecule has 0 radical (unpaired) electrons. The van der Waals surface area contributed by atoms with E-state index in [0.717, 1.165) is 13.1 Å². The van der Waals surface area contributed by atoms with Crippen LogP contribution in [0.5, 0.6) is 0 Å². The summed E-state index contributed by atoms with van der Waals surface area (Å²) in [7, 11) is 0. The van der Waals surface area contributed by atoms with Crippen LogP contribution in [0.25, 0.3) is 11.2 Å². The predicted molar refractivity (Wildman–Crippen MR) is 84.0 cm³/mol. The molecule has 2 aromatic rings. The average Bonchev–Trinajstić information content (AvgIpc) is 2.62. The van der Waals surface area contributed by atoms with Crippen LogP contribution in [-0.4, -0.2) is 72.5 Å². The Bertz CT molecular complexity index is 752. The number of aromatic amines is 1. The number of hydrogen-bond acceptors (Lipinski definition) is 8. The molecule has 0 unspecified atom stereocenters. The summed E-state index contributed by atoms with van der Waals surface area (Å²) in [4.78, 5) is 32.4. The van der Waals surface area contributed by atoms with Crippen molar-refractivity contribution in [2.75, 3.05) is 62.4 Å². The molecule has 0 bridgehead atoms. The minimum absolute atomic E-state index is 0.220. The largest absolute Gasteiger partial charge is 0.378 e. The number of aromatic nitrogens is 4. The van der Waals surface area contributed by atoms with Crippen molar-refractivity contribution in [3.63, 3.8) is 0 Å². The fourth-order valence-electron chi connectivity index (χ4n) is 2.77. The minimum Gasteiger partial charge on any atom is -0.378 e. The Balaban J connectivity index is 1.71. The molecule has 0 saturated carbocycles. The van der Waals surface area contributed by atoms with Gasteiger partial charge >= 0.3 is 0 Å². The second-order valence-corrected chi connectivity index (χ2v) is 5.50. The van der Waals surface area contributed by atoms with Gasteiger partial charge in [0.25, 0.3) is 5.56 Å². The van der Waals surface area contributed by atoms with E-state index in [0.29, 0.717) is 62.4 Å². The van der Waals surface area contributed by atoms with Crippen molar-refractivity contribution >= 4 is 22.9 Å². The lowest BCUT2D eigenvalue weighted by atomic mass is 10.4. The number of nitrogens with zero attached hydrogens (tertiary/aromatic N) is 5. The van der Waals surface area contributed by atoms with E-state index in [1.807, 2.05) is 4.90 Å². The van der Waals surface area contributed by atoms with Crippen LogP contribution in [-0.2, 0) is 9.47 Å². The van der Waals surface area contributed by atoms with Gasteiger partial charge in [0.05, 0.1) is 32.6 Å². The van der Waals surface area contributed by atoms with Crippen LogP contribution in [0.4, 0.5) is 11.8 Å². The van der Waals surface area contributed by atoms with Crippen LogP contribution in [0.2, 0.25) is 0 Å². The van der Waals surface area contributed by atoms with Gasteiger partial charge in [-0.15, -0.1) is 0 Å². The summed E-state index contributed by atoms with van der Waals surface area (Å²) in [5, 5.41) is 0. The first-order valence-electron chi connectivity index (χ1n) is 7.74. The zero-order valence-electron chi connectivity index (χ0n) is 12.7. The summed E-state index contributed by atoms with van der Waals surface area (Å²) in [6, 6.07) is 0. The van der Waals surface area contributed by atoms with Gasteiger partial charge in [-0.05, 0) is 0 Å². The quantitative estimate of drug-likeness (QED) is 0.783. The number of ether oxygens (including phenoxy) is 2. The lowest BCUT2D eigenvalue weighted by Crippen LogP contribution is -2.40. The number of hydrogen-bond donors (Lipinski definition) is 1. The van der Waals surface area contributed by atoms with E-state index in [1.165, 1.54) is 0 Å². The summed E-state index contributed by atoms with van der Waals surface area (Å²) in [5.41, 5.74) is 0.828. The Morgan fingerprint density at radius 2 is 1.61 bits per heavy atom. The van der Waals surface area contributed by atoms with Gasteiger partial charge in [-0.25, -0.2) is 9.97 Å². The number of rotatable bonds is 2. The van der Waals surface area contributed by atoms with Crippen molar-refractivity contribution in [3.05, 3.63) is 16.6 Å². The monoisotopic (exact) mass is 318 g/mol. The van der Waals surface area contributed by atoms with Gasteiger partial charge in [0.2, 0.25) is 5.95 Å². The number of fused-ring (bicyclic) bond motifs is 1. The number of H-pyrrole nitrogens is 1. The normalized spacial score (nSPS) is 19.3. The van der Waals surface area contributed by atoms with Crippen molar-refractivity contribution < 1.29 is 9.47 Å². The van der Waals surface area contributed by atoms with Gasteiger partial charge in [0, 0.05) is 26.2 Å². The summed E-state index contributed by atoms with van der Waals surface area (Å²) >= 11 is 0. The number of anilines is 2. The molecule has 2 saturated heterocycles. The van der Waals surface area contributed by atoms with E-state index < -0.39 is 0 Å². The van der Waals surface area contributed by atoms with Crippen molar-refractivity contribution in [2.24, 2.45) is 0 Å². The second kappa shape index (κ2) is 6.09. The van der Waals surface area contributed by atoms with Gasteiger partial charge < -0.3 is 24.3 Å². The Morgan fingerprint density at radius 1 is 0.957 bits per heavy atom. The van der Waals surface area contributed by atoms with Gasteiger partial charge in [0.1, 0.15) is 5.52 Å². The summed E-state index contributed by atoms with van der Waals surface area (Å²) in [5.74, 6) is 1.01. The van der Waals surface area contributed by atoms with E-state index >= 15 is 0 Å². The van der Waals surface area contributed by atoms with Crippen LogP contribution < -0.4 is 15.4 Å². The molecule has 2 aliphatic heterocycles. The molecule has 1 N–H and O–H groups in total. The molecule has 0 atom stereocenters. The molecule has 23 heavy (non-hydrogen) atoms. The molecule has 122 valence electrons. The van der Waals surface area contributed by atoms with Crippen LogP contribution >= 0.6 is 0 Å². The Labute approximate surface area is 132 Å². The molecular formula is C14H18N6O3. The molecule has 2 fully saturated rings. The smallest absolute Gasteiger partial charge is 0.291 e. The highest BCUT2D eigenvalue weighted by Gasteiger charge is 2.19. The van der Waals surface area contributed by atoms with Gasteiger partial charge in [0.15, 0.2) is 11.5 Å². The van der Waals surface area contributed by atoms with Crippen molar-refractivity contribution in [2.45, 2.75) is 0 Å². The first kappa shape index (κ1) is 14.3. The maximum Gasteiger partial charge on any atom is 0.291 e. The van der Waals surface area contributed by atoms with Crippen LogP contribution in [0.1, 0.15) is 0 Å². The zero-order valence-corrected chi connectivity index (χ0v) is 12.7. The highest BCUT2D eigenvalue weighted by molar-refractivity contribution is 5.71. The summed E-state index contributed by atoms with van der Waals surface area (Å²) in [6.45, 7) is 5.35. The Kier molecular flexibility index (Phi) is 3.80. The van der Waals surface area contributed by atoms with Gasteiger partial charge in [-0.2, -0.15) is 4.98 Å². The lowest BCUT2D eigenvalue weighted by Gasteiger charge is -2.27. The highest BCUT2D eigenvalue weighted by atomic mass is 16.5. The third kappa shape index (κ3) is 2.84. The van der Waals surface area contributed by atoms with E-state index in [2.05, 4.69) is 24.8 Å². The first-order valence-corrected chi connectivity index (χ1v) is 7.74. The average molecular weight is 318 g/mol. The molecule has 9 nitrogen and oxygen atoms in total. The second-order valence-electron chi connectivity index (χ2n) is 5.50. The van der Waals surface area contributed by atoms with Crippen LogP contribution in [0, 0.1) is 0 Å². The van der Waals surface area contributed by atoms with Crippen molar-refractivity contribution in [1.29, 1.82) is 0 Å². The topological polar surface area (TPSA) is 96.5 Å². The van der Waals surface area contributed by atoms with Gasteiger partial charge in [-0.3, -0.25) is 4.79 Å². The fraction of sp³-hybridized carbons (Fsp3) is 0.571. The number of nitrogens with one attached hydrogen (secondary N) is 1. The highest BCUT2D eigenvalue weighted by Crippen LogP contribution is 2.15. The standard InChI is InChI=1S/C14H18N6O3/c21-13-12(19-1-5-22-6-2-19)17-11-10(16-13)9-15-14(18-11)20-3-7-23-8-4-20/h9H,1-8H2,(H,16,21). The van der Waals surface area contributed by atoms with E-state index in [9.17, 15) is 4.79 Å². The molecule has 4 rings (SSSR count). The molecule has 9 heteroatoms. The van der Waals surface area contributed by atoms with Gasteiger partial charge in [-0.1, -0.05) is 0 Å². The molecule has 0 aromatic carbocycles. The molecule has 0 aliphatic carbocycles. The van der Waals surface area contributed by atoms with Crippen molar-refractivity contribution in [3.8, 4) is 0 Å². The minimum atomic E-state index is -0.220. The Morgan fingerprint density at radius 3 is 2.30 bits per heavy atom. The molecular weight excluding hydrogens is 300 g/mol. The molecule has 0 amide bonds. The molecule has 2 aromatic heterocycles. The van der Waals surface area contributed by atoms with Crippen LogP contribution in [0.15, 0.2) is 11.0 Å². The predicted octanol–water partition coefficient (Wildman–Crippen LogP) is -0.614. The zero-order chi connectivity index (χ0) is 15.6. The van der Waals surface area contributed by atoms with E-state index in [4.69, 9.17) is 9.47 Å². The fourth-order valence-corrected chi connectivity index (χ4v) is 2.77. The SMILES string of the molecule is O=c1[nH]c2cnc(N3CCOCC3)nc2nc1N1CCOCC1. The van der Waals surface area contributed by atoms with Crippen LogP contribution in [0.3, 0.4) is 0 Å². The molecule has 4 heterocycles. The lowest BCUT2D eigenvalue weighted by molar-refractivity contribution is 0.122. The molecule has 0 spiro atoms. The maximum atomic E-state index is 12.2. The summed E-state index contributed by atoms with van der Waals surface area (Å²) in [6.07, 6.45) is 1.62. The summed E-state index contributed by atoms with van der Waals surface area (Å²) < 4.78 is 10.7.